The molecule has 31 heavy (non-hydrogen) atoms. The molecule has 0 radical (unpaired) electrons. The van der Waals surface area contributed by atoms with E-state index in [2.05, 4.69) is 10.1 Å². The first kappa shape index (κ1) is 23.4. The van der Waals surface area contributed by atoms with Crippen LogP contribution < -0.4 is 10.1 Å². The van der Waals surface area contributed by atoms with Crippen molar-refractivity contribution in [2.75, 3.05) is 18.4 Å². The van der Waals surface area contributed by atoms with E-state index in [9.17, 15) is 26.4 Å². The second-order valence-electron chi connectivity index (χ2n) is 7.14. The number of alkyl halides is 3. The zero-order chi connectivity index (χ0) is 22.6. The van der Waals surface area contributed by atoms with Gasteiger partial charge in [-0.25, -0.2) is 12.7 Å². The summed E-state index contributed by atoms with van der Waals surface area (Å²) in [4.78, 5) is 12.6. The molecule has 0 spiro atoms. The smallest absolute Gasteiger partial charge is 0.406 e. The van der Waals surface area contributed by atoms with Gasteiger partial charge in [-0.05, 0) is 54.8 Å². The van der Waals surface area contributed by atoms with Gasteiger partial charge in [0.25, 0.3) is 0 Å². The Morgan fingerprint density at radius 1 is 1.13 bits per heavy atom. The topological polar surface area (TPSA) is 75.7 Å². The summed E-state index contributed by atoms with van der Waals surface area (Å²) >= 11 is 5.83. The first-order chi connectivity index (χ1) is 14.5. The molecule has 0 saturated carbocycles. The number of carbonyl (C=O) groups is 1. The zero-order valence-corrected chi connectivity index (χ0v) is 17.8. The summed E-state index contributed by atoms with van der Waals surface area (Å²) in [7, 11) is -3.62. The largest absolute Gasteiger partial charge is 0.573 e. The third-order valence-corrected chi connectivity index (χ3v) is 6.83. The average molecular weight is 477 g/mol. The van der Waals surface area contributed by atoms with Crippen molar-refractivity contribution < 1.29 is 31.1 Å². The number of amides is 1. The number of halogens is 4. The molecule has 1 aliphatic rings. The van der Waals surface area contributed by atoms with Crippen LogP contribution in [0.25, 0.3) is 0 Å². The molecule has 1 atom stereocenters. The highest BCUT2D eigenvalue weighted by atomic mass is 35.5. The maximum absolute atomic E-state index is 12.8. The summed E-state index contributed by atoms with van der Waals surface area (Å²) in [5.41, 5.74) is 0.887. The number of carbonyl (C=O) groups excluding carboxylic acids is 1. The number of piperidine rings is 1. The molecule has 1 fully saturated rings. The van der Waals surface area contributed by atoms with Crippen molar-refractivity contribution >= 4 is 33.2 Å². The Kier molecular flexibility index (Phi) is 7.13. The second kappa shape index (κ2) is 9.46. The van der Waals surface area contributed by atoms with Crippen molar-refractivity contribution in [1.29, 1.82) is 0 Å². The number of hydrogen-bond acceptors (Lipinski definition) is 4. The second-order valence-corrected chi connectivity index (χ2v) is 9.55. The number of ether oxygens (including phenoxy) is 1. The molecule has 168 valence electrons. The molecule has 0 unspecified atom stereocenters. The lowest BCUT2D eigenvalue weighted by molar-refractivity contribution is -0.274. The molecule has 6 nitrogen and oxygen atoms in total. The Hall–Kier alpha value is -2.30. The van der Waals surface area contributed by atoms with E-state index in [0.717, 1.165) is 12.1 Å². The van der Waals surface area contributed by atoms with Gasteiger partial charge in [0.15, 0.2) is 0 Å². The number of anilines is 1. The summed E-state index contributed by atoms with van der Waals surface area (Å²) in [6.07, 6.45) is -3.77. The van der Waals surface area contributed by atoms with Gasteiger partial charge < -0.3 is 10.1 Å². The number of nitrogens with one attached hydrogen (secondary N) is 1. The van der Waals surface area contributed by atoms with Crippen LogP contribution in [0.4, 0.5) is 18.9 Å². The summed E-state index contributed by atoms with van der Waals surface area (Å²) in [5, 5.41) is 3.13. The minimum absolute atomic E-state index is 0.0387. The Balaban J connectivity index is 1.60. The zero-order valence-electron chi connectivity index (χ0n) is 16.2. The van der Waals surface area contributed by atoms with E-state index in [1.54, 1.807) is 24.3 Å². The Morgan fingerprint density at radius 3 is 2.39 bits per heavy atom. The van der Waals surface area contributed by atoms with E-state index in [1.165, 1.54) is 16.4 Å². The van der Waals surface area contributed by atoms with Crippen LogP contribution in [0.3, 0.4) is 0 Å². The third kappa shape index (κ3) is 6.84. The van der Waals surface area contributed by atoms with Gasteiger partial charge >= 0.3 is 6.36 Å². The minimum Gasteiger partial charge on any atom is -0.406 e. The molecule has 1 saturated heterocycles. The molecule has 2 aromatic carbocycles. The number of sulfonamides is 1. The fourth-order valence-electron chi connectivity index (χ4n) is 3.28. The SMILES string of the molecule is O=C(Nc1ccc(OC(F)(F)F)cc1)[C@@H]1CCCN(S(=O)(=O)Cc2ccc(Cl)cc2)C1. The highest BCUT2D eigenvalue weighted by molar-refractivity contribution is 7.88. The number of nitrogens with zero attached hydrogens (tertiary/aromatic N) is 1. The molecule has 1 N–H and O–H groups in total. The monoisotopic (exact) mass is 476 g/mol. The molecule has 2 aromatic rings. The van der Waals surface area contributed by atoms with Gasteiger partial charge in [-0.1, -0.05) is 23.7 Å². The average Bonchev–Trinajstić information content (AvgIpc) is 2.70. The van der Waals surface area contributed by atoms with Crippen LogP contribution in [0.2, 0.25) is 5.02 Å². The van der Waals surface area contributed by atoms with Crippen LogP contribution in [-0.2, 0) is 20.6 Å². The highest BCUT2D eigenvalue weighted by Gasteiger charge is 2.33. The molecule has 1 amide bonds. The van der Waals surface area contributed by atoms with E-state index >= 15 is 0 Å². The summed E-state index contributed by atoms with van der Waals surface area (Å²) < 4.78 is 67.3. The molecule has 0 aliphatic carbocycles. The summed E-state index contributed by atoms with van der Waals surface area (Å²) in [5.74, 6) is -1.56. The molecule has 1 aliphatic heterocycles. The van der Waals surface area contributed by atoms with Crippen molar-refractivity contribution in [1.82, 2.24) is 4.31 Å². The van der Waals surface area contributed by atoms with Crippen molar-refractivity contribution in [2.24, 2.45) is 5.92 Å². The van der Waals surface area contributed by atoms with Gasteiger partial charge in [-0.15, -0.1) is 13.2 Å². The first-order valence-corrected chi connectivity index (χ1v) is 11.4. The lowest BCUT2D eigenvalue weighted by Crippen LogP contribution is -2.44. The normalized spacial score (nSPS) is 17.9. The third-order valence-electron chi connectivity index (χ3n) is 4.77. The first-order valence-electron chi connectivity index (χ1n) is 9.41. The van der Waals surface area contributed by atoms with Gasteiger partial charge in [0, 0.05) is 23.8 Å². The van der Waals surface area contributed by atoms with Gasteiger partial charge in [0.1, 0.15) is 5.75 Å². The molecular formula is C20H20ClF3N2O4S. The predicted molar refractivity (Wildman–Crippen MR) is 110 cm³/mol. The molecular weight excluding hydrogens is 457 g/mol. The highest BCUT2D eigenvalue weighted by Crippen LogP contribution is 2.26. The van der Waals surface area contributed by atoms with Crippen LogP contribution in [0.1, 0.15) is 18.4 Å². The molecule has 1 heterocycles. The van der Waals surface area contributed by atoms with E-state index in [4.69, 9.17) is 11.6 Å². The Labute approximate surface area is 183 Å². The molecule has 0 bridgehead atoms. The van der Waals surface area contributed by atoms with E-state index < -0.39 is 34.0 Å². The van der Waals surface area contributed by atoms with Gasteiger partial charge in [-0.3, -0.25) is 4.79 Å². The van der Waals surface area contributed by atoms with Crippen molar-refractivity contribution in [3.63, 3.8) is 0 Å². The number of rotatable bonds is 6. The van der Waals surface area contributed by atoms with E-state index in [-0.39, 0.29) is 12.3 Å². The summed E-state index contributed by atoms with van der Waals surface area (Å²) in [6, 6.07) is 11.3. The van der Waals surface area contributed by atoms with E-state index in [1.807, 2.05) is 0 Å². The maximum Gasteiger partial charge on any atom is 0.573 e. The molecule has 3 rings (SSSR count). The number of hydrogen-bond donors (Lipinski definition) is 1. The molecule has 0 aromatic heterocycles. The fraction of sp³-hybridized carbons (Fsp3) is 0.350. The van der Waals surface area contributed by atoms with Crippen LogP contribution in [0, 0.1) is 5.92 Å². The fourth-order valence-corrected chi connectivity index (χ4v) is 5.01. The van der Waals surface area contributed by atoms with Crippen molar-refractivity contribution in [2.45, 2.75) is 25.0 Å². The van der Waals surface area contributed by atoms with E-state index in [0.29, 0.717) is 35.7 Å². The quantitative estimate of drug-likeness (QED) is 0.669. The minimum atomic E-state index is -4.80. The lowest BCUT2D eigenvalue weighted by atomic mass is 9.99. The number of benzene rings is 2. The molecule has 11 heteroatoms. The summed E-state index contributed by atoms with van der Waals surface area (Å²) in [6.45, 7) is 0.361. The Bertz CT molecular complexity index is 1010. The Morgan fingerprint density at radius 2 is 1.77 bits per heavy atom. The van der Waals surface area contributed by atoms with Gasteiger partial charge in [0.05, 0.1) is 11.7 Å². The van der Waals surface area contributed by atoms with Crippen molar-refractivity contribution in [3.05, 3.63) is 59.1 Å². The predicted octanol–water partition coefficient (Wildman–Crippen LogP) is 4.42. The lowest BCUT2D eigenvalue weighted by Gasteiger charge is -2.31. The van der Waals surface area contributed by atoms with Crippen LogP contribution >= 0.6 is 11.6 Å². The van der Waals surface area contributed by atoms with Crippen LogP contribution in [0.5, 0.6) is 5.75 Å². The van der Waals surface area contributed by atoms with Gasteiger partial charge in [0.2, 0.25) is 15.9 Å². The van der Waals surface area contributed by atoms with Crippen LogP contribution in [-0.4, -0.2) is 38.1 Å². The standard InChI is InChI=1S/C20H20ClF3N2O4S/c21-16-5-3-14(4-6-16)13-31(28,29)26-11-1-2-15(12-26)19(27)25-17-7-9-18(10-8-17)30-20(22,23)24/h3-10,15H,1-2,11-13H2,(H,25,27)/t15-/m1/s1. The maximum atomic E-state index is 12.8. The van der Waals surface area contributed by atoms with Gasteiger partial charge in [-0.2, -0.15) is 0 Å². The van der Waals surface area contributed by atoms with Crippen LogP contribution in [0.15, 0.2) is 48.5 Å². The van der Waals surface area contributed by atoms with Crippen molar-refractivity contribution in [3.8, 4) is 5.75 Å².